The summed E-state index contributed by atoms with van der Waals surface area (Å²) >= 11 is 0. The van der Waals surface area contributed by atoms with E-state index in [9.17, 15) is 14.7 Å². The van der Waals surface area contributed by atoms with E-state index >= 15 is 0 Å². The van der Waals surface area contributed by atoms with Crippen molar-refractivity contribution < 1.29 is 24.2 Å². The molecule has 0 unspecified atom stereocenters. The number of carbonyl (C=O) groups excluding carboxylic acids is 1. The summed E-state index contributed by atoms with van der Waals surface area (Å²) in [7, 11) is 1.78. The van der Waals surface area contributed by atoms with Gasteiger partial charge in [-0.25, -0.2) is 14.8 Å². The summed E-state index contributed by atoms with van der Waals surface area (Å²) in [4.78, 5) is 32.6. The number of carboxylic acids is 1. The molecule has 35 heavy (non-hydrogen) atoms. The maximum Gasteiger partial charge on any atom is 0.407 e. The molecule has 2 heterocycles. The van der Waals surface area contributed by atoms with Crippen molar-refractivity contribution in [1.82, 2.24) is 25.1 Å². The Bertz CT molecular complexity index is 1180. The van der Waals surface area contributed by atoms with Crippen molar-refractivity contribution in [3.63, 3.8) is 0 Å². The molecule has 2 N–H and O–H groups in total. The van der Waals surface area contributed by atoms with Gasteiger partial charge in [-0.05, 0) is 38.2 Å². The van der Waals surface area contributed by atoms with Crippen LogP contribution in [0.25, 0.3) is 11.4 Å². The maximum absolute atomic E-state index is 12.2. The van der Waals surface area contributed by atoms with E-state index in [0.717, 1.165) is 24.1 Å². The number of benzene rings is 1. The van der Waals surface area contributed by atoms with E-state index in [1.54, 1.807) is 24.1 Å². The summed E-state index contributed by atoms with van der Waals surface area (Å²) in [5.41, 5.74) is 2.97. The van der Waals surface area contributed by atoms with Crippen LogP contribution in [0.4, 0.5) is 4.79 Å². The van der Waals surface area contributed by atoms with Crippen LogP contribution in [-0.2, 0) is 29.7 Å². The summed E-state index contributed by atoms with van der Waals surface area (Å²) in [6, 6.07) is 9.45. The second kappa shape index (κ2) is 11.0. The summed E-state index contributed by atoms with van der Waals surface area (Å²) in [6.45, 7) is 2.20. The SMILES string of the molecule is Cc1nc(-c2cnn(C)c2CNC(=O)OCc2ccccc2)ncc1O[C@H]1CCC[C@H](C(=O)O)C1. The topological polar surface area (TPSA) is 128 Å². The molecule has 0 bridgehead atoms. The molecule has 1 aromatic carbocycles. The molecule has 10 nitrogen and oxygen atoms in total. The van der Waals surface area contributed by atoms with Crippen molar-refractivity contribution in [2.24, 2.45) is 13.0 Å². The number of alkyl carbamates (subject to hydrolysis) is 1. The number of carboxylic acid groups (broad SMARTS) is 1. The van der Waals surface area contributed by atoms with Crippen LogP contribution in [0.5, 0.6) is 5.75 Å². The molecule has 2 atom stereocenters. The van der Waals surface area contributed by atoms with Gasteiger partial charge in [0.15, 0.2) is 11.6 Å². The second-order valence-corrected chi connectivity index (χ2v) is 8.63. The zero-order valence-corrected chi connectivity index (χ0v) is 19.8. The van der Waals surface area contributed by atoms with Crippen LogP contribution < -0.4 is 10.1 Å². The lowest BCUT2D eigenvalue weighted by Crippen LogP contribution is -2.29. The smallest absolute Gasteiger partial charge is 0.407 e. The first-order chi connectivity index (χ1) is 16.9. The number of rotatable bonds is 8. The highest BCUT2D eigenvalue weighted by Crippen LogP contribution is 2.30. The number of nitrogens with zero attached hydrogens (tertiary/aromatic N) is 4. The molecule has 3 aromatic rings. The number of ether oxygens (including phenoxy) is 2. The first kappa shape index (κ1) is 24.2. The van der Waals surface area contributed by atoms with Crippen LogP contribution in [0.15, 0.2) is 42.7 Å². The zero-order chi connectivity index (χ0) is 24.8. The van der Waals surface area contributed by atoms with E-state index < -0.39 is 12.1 Å². The van der Waals surface area contributed by atoms with Crippen LogP contribution in [0, 0.1) is 12.8 Å². The molecule has 0 radical (unpaired) electrons. The summed E-state index contributed by atoms with van der Waals surface area (Å²) in [5.74, 6) is -0.148. The third kappa shape index (κ3) is 6.14. The van der Waals surface area contributed by atoms with Gasteiger partial charge < -0.3 is 19.9 Å². The van der Waals surface area contributed by atoms with Crippen LogP contribution in [0.3, 0.4) is 0 Å². The number of aryl methyl sites for hydroxylation is 2. The molecule has 0 spiro atoms. The predicted molar refractivity (Wildman–Crippen MR) is 126 cm³/mol. The monoisotopic (exact) mass is 479 g/mol. The van der Waals surface area contributed by atoms with E-state index in [1.807, 2.05) is 37.3 Å². The highest BCUT2D eigenvalue weighted by molar-refractivity contribution is 5.70. The Hall–Kier alpha value is -3.95. The van der Waals surface area contributed by atoms with E-state index in [0.29, 0.717) is 35.7 Å². The van der Waals surface area contributed by atoms with E-state index in [-0.39, 0.29) is 25.2 Å². The van der Waals surface area contributed by atoms with Crippen molar-refractivity contribution in [3.8, 4) is 17.1 Å². The fraction of sp³-hybridized carbons (Fsp3) is 0.400. The van der Waals surface area contributed by atoms with E-state index in [2.05, 4.69) is 20.4 Å². The van der Waals surface area contributed by atoms with Gasteiger partial charge in [0.25, 0.3) is 0 Å². The van der Waals surface area contributed by atoms with Gasteiger partial charge in [0.1, 0.15) is 6.61 Å². The lowest BCUT2D eigenvalue weighted by molar-refractivity contribution is -0.143. The fourth-order valence-electron chi connectivity index (χ4n) is 4.15. The van der Waals surface area contributed by atoms with E-state index in [4.69, 9.17) is 9.47 Å². The number of hydrogen-bond donors (Lipinski definition) is 2. The van der Waals surface area contributed by atoms with Crippen LogP contribution >= 0.6 is 0 Å². The number of carbonyl (C=O) groups is 2. The molecule has 0 saturated heterocycles. The fourth-order valence-corrected chi connectivity index (χ4v) is 4.15. The molecule has 2 aromatic heterocycles. The first-order valence-corrected chi connectivity index (χ1v) is 11.6. The van der Waals surface area contributed by atoms with Gasteiger partial charge in [0.2, 0.25) is 0 Å². The van der Waals surface area contributed by atoms with Crippen molar-refractivity contribution in [2.45, 2.75) is 51.9 Å². The molecular formula is C25H29N5O5. The highest BCUT2D eigenvalue weighted by Gasteiger charge is 2.28. The van der Waals surface area contributed by atoms with Crippen LogP contribution in [0.1, 0.15) is 42.6 Å². The van der Waals surface area contributed by atoms with Crippen LogP contribution in [0.2, 0.25) is 0 Å². The molecule has 1 fully saturated rings. The standard InChI is InChI=1S/C25H29N5O5/c1-16-22(35-19-10-6-9-18(11-19)24(31)32)14-26-23(29-16)20-12-28-30(2)21(20)13-27-25(33)34-15-17-7-4-3-5-8-17/h3-5,7-8,12,14,18-19H,6,9-11,13,15H2,1-2H3,(H,27,33)(H,31,32)/t18-,19-/m0/s1. The molecule has 1 amide bonds. The summed E-state index contributed by atoms with van der Waals surface area (Å²) in [5, 5.41) is 16.3. The number of aliphatic carboxylic acids is 1. The molecule has 1 aliphatic rings. The molecule has 0 aliphatic heterocycles. The molecule has 1 saturated carbocycles. The Kier molecular flexibility index (Phi) is 7.59. The number of nitrogens with one attached hydrogen (secondary N) is 1. The molecular weight excluding hydrogens is 450 g/mol. The van der Waals surface area contributed by atoms with Gasteiger partial charge in [-0.15, -0.1) is 0 Å². The molecule has 4 rings (SSSR count). The minimum absolute atomic E-state index is 0.168. The Morgan fingerprint density at radius 1 is 1.20 bits per heavy atom. The van der Waals surface area contributed by atoms with E-state index in [1.165, 1.54) is 0 Å². The summed E-state index contributed by atoms with van der Waals surface area (Å²) in [6.07, 6.45) is 5.35. The predicted octanol–water partition coefficient (Wildman–Crippen LogP) is 3.63. The third-order valence-electron chi connectivity index (χ3n) is 6.12. The van der Waals surface area contributed by atoms with Gasteiger partial charge in [-0.2, -0.15) is 5.10 Å². The molecule has 1 aliphatic carbocycles. The maximum atomic E-state index is 12.2. The Balaban J connectivity index is 1.39. The Morgan fingerprint density at radius 2 is 2.00 bits per heavy atom. The van der Waals surface area contributed by atoms with Crippen molar-refractivity contribution >= 4 is 12.1 Å². The van der Waals surface area contributed by atoms with Gasteiger partial charge in [0.05, 0.1) is 47.9 Å². The first-order valence-electron chi connectivity index (χ1n) is 11.6. The van der Waals surface area contributed by atoms with Gasteiger partial charge >= 0.3 is 12.1 Å². The van der Waals surface area contributed by atoms with Crippen molar-refractivity contribution in [2.75, 3.05) is 0 Å². The Labute approximate surface area is 203 Å². The second-order valence-electron chi connectivity index (χ2n) is 8.63. The highest BCUT2D eigenvalue weighted by atomic mass is 16.5. The Morgan fingerprint density at radius 3 is 2.74 bits per heavy atom. The average molecular weight is 480 g/mol. The molecule has 10 heteroatoms. The summed E-state index contributed by atoms with van der Waals surface area (Å²) < 4.78 is 13.0. The van der Waals surface area contributed by atoms with Gasteiger partial charge in [0, 0.05) is 7.05 Å². The largest absolute Gasteiger partial charge is 0.487 e. The quantitative estimate of drug-likeness (QED) is 0.501. The zero-order valence-electron chi connectivity index (χ0n) is 19.8. The van der Waals surface area contributed by atoms with Crippen LogP contribution in [-0.4, -0.2) is 43.0 Å². The van der Waals surface area contributed by atoms with Crippen molar-refractivity contribution in [3.05, 3.63) is 59.7 Å². The number of aromatic nitrogens is 4. The lowest BCUT2D eigenvalue weighted by atomic mass is 9.87. The number of amides is 1. The third-order valence-corrected chi connectivity index (χ3v) is 6.12. The minimum atomic E-state index is -0.775. The van der Waals surface area contributed by atoms with Gasteiger partial charge in [-0.3, -0.25) is 9.48 Å². The minimum Gasteiger partial charge on any atom is -0.487 e. The normalized spacial score (nSPS) is 17.5. The average Bonchev–Trinajstić information content (AvgIpc) is 3.23. The lowest BCUT2D eigenvalue weighted by Gasteiger charge is -2.27. The van der Waals surface area contributed by atoms with Gasteiger partial charge in [-0.1, -0.05) is 30.3 Å². The van der Waals surface area contributed by atoms with Crippen molar-refractivity contribution in [1.29, 1.82) is 0 Å². The molecule has 184 valence electrons. The number of hydrogen-bond acceptors (Lipinski definition) is 7.